The van der Waals surface area contributed by atoms with Crippen LogP contribution in [0.5, 0.6) is 5.75 Å². The van der Waals surface area contributed by atoms with Gasteiger partial charge in [-0.2, -0.15) is 0 Å². The average molecular weight is 422 g/mol. The third-order valence-electron chi connectivity index (χ3n) is 4.13. The van der Waals surface area contributed by atoms with Gasteiger partial charge in [0.25, 0.3) is 5.91 Å². The Morgan fingerprint density at radius 3 is 2.38 bits per heavy atom. The van der Waals surface area contributed by atoms with Crippen molar-refractivity contribution < 1.29 is 27.1 Å². The number of halogens is 1. The largest absolute Gasteiger partial charge is 0.496 e. The molecule has 0 aromatic heterocycles. The van der Waals surface area contributed by atoms with Crippen LogP contribution in [0.1, 0.15) is 22.3 Å². The molecular weight excluding hydrogens is 399 g/mol. The van der Waals surface area contributed by atoms with E-state index in [0.717, 1.165) is 6.26 Å². The number of carbonyl (C=O) groups excluding carboxylic acids is 2. The van der Waals surface area contributed by atoms with Gasteiger partial charge in [0, 0.05) is 12.8 Å². The fourth-order valence-electron chi connectivity index (χ4n) is 2.58. The molecule has 2 rings (SSSR count). The van der Waals surface area contributed by atoms with E-state index in [1.54, 1.807) is 18.2 Å². The monoisotopic (exact) mass is 422 g/mol. The van der Waals surface area contributed by atoms with Crippen LogP contribution in [0.15, 0.2) is 48.5 Å². The minimum Gasteiger partial charge on any atom is -0.496 e. The molecular formula is C20H23FN2O5S. The Labute approximate surface area is 169 Å². The molecule has 2 aromatic rings. The number of para-hydroxylation sites is 1. The molecule has 1 atom stereocenters. The fourth-order valence-corrected chi connectivity index (χ4v) is 3.25. The Balaban J connectivity index is 2.11. The Hall–Kier alpha value is -2.94. The summed E-state index contributed by atoms with van der Waals surface area (Å²) >= 11 is 0. The molecule has 7 nitrogen and oxygen atoms in total. The van der Waals surface area contributed by atoms with Gasteiger partial charge in [0.05, 0.1) is 18.4 Å². The van der Waals surface area contributed by atoms with Crippen LogP contribution in [0.3, 0.4) is 0 Å². The zero-order valence-electron chi connectivity index (χ0n) is 16.1. The Bertz CT molecular complexity index is 961. The van der Waals surface area contributed by atoms with Crippen molar-refractivity contribution in [3.63, 3.8) is 0 Å². The molecule has 0 aliphatic carbocycles. The van der Waals surface area contributed by atoms with Gasteiger partial charge in [-0.1, -0.05) is 24.3 Å². The van der Waals surface area contributed by atoms with Crippen molar-refractivity contribution in [1.29, 1.82) is 0 Å². The predicted molar refractivity (Wildman–Crippen MR) is 107 cm³/mol. The fraction of sp³-hybridized carbons (Fsp3) is 0.300. The molecule has 9 heteroatoms. The second kappa shape index (κ2) is 10.0. The molecule has 0 radical (unpaired) electrons. The van der Waals surface area contributed by atoms with Crippen molar-refractivity contribution in [2.45, 2.75) is 19.0 Å². The first-order valence-electron chi connectivity index (χ1n) is 8.83. The van der Waals surface area contributed by atoms with Gasteiger partial charge in [0.2, 0.25) is 5.91 Å². The van der Waals surface area contributed by atoms with Crippen molar-refractivity contribution in [1.82, 2.24) is 10.6 Å². The number of hydrogen-bond acceptors (Lipinski definition) is 5. The zero-order valence-corrected chi connectivity index (χ0v) is 17.0. The van der Waals surface area contributed by atoms with Crippen molar-refractivity contribution in [3.05, 3.63) is 65.5 Å². The van der Waals surface area contributed by atoms with E-state index in [4.69, 9.17) is 4.74 Å². The van der Waals surface area contributed by atoms with E-state index in [9.17, 15) is 22.4 Å². The molecule has 0 saturated heterocycles. The lowest BCUT2D eigenvalue weighted by atomic mass is 10.1. The first-order chi connectivity index (χ1) is 13.7. The third kappa shape index (κ3) is 7.19. The number of nitrogens with one attached hydrogen (secondary N) is 2. The summed E-state index contributed by atoms with van der Waals surface area (Å²) in [6.07, 6.45) is 0.970. The summed E-state index contributed by atoms with van der Waals surface area (Å²) in [5.41, 5.74) is 0.892. The van der Waals surface area contributed by atoms with Gasteiger partial charge in [0.1, 0.15) is 27.4 Å². The van der Waals surface area contributed by atoms with Crippen LogP contribution in [0.2, 0.25) is 0 Å². The second-order valence-corrected chi connectivity index (χ2v) is 8.75. The number of sulfone groups is 1. The lowest BCUT2D eigenvalue weighted by Gasteiger charge is -2.19. The molecule has 156 valence electrons. The van der Waals surface area contributed by atoms with Gasteiger partial charge in [-0.25, -0.2) is 12.8 Å². The summed E-state index contributed by atoms with van der Waals surface area (Å²) in [7, 11) is -1.92. The van der Waals surface area contributed by atoms with Gasteiger partial charge in [-0.15, -0.1) is 0 Å². The van der Waals surface area contributed by atoms with Crippen molar-refractivity contribution in [3.8, 4) is 5.75 Å². The average Bonchev–Trinajstić information content (AvgIpc) is 2.69. The standard InChI is InChI=1S/C20H23FN2O5S/c1-28-18-6-4-3-5-16(18)19(24)23-17(11-12-29(2,26)27)20(25)22-13-14-7-9-15(21)10-8-14/h3-10,17H,11-13H2,1-2H3,(H,22,25)(H,23,24)/t17-/m0/s1. The summed E-state index contributed by atoms with van der Waals surface area (Å²) in [5, 5.41) is 5.21. The lowest BCUT2D eigenvalue weighted by molar-refractivity contribution is -0.123. The number of hydrogen-bond donors (Lipinski definition) is 2. The molecule has 29 heavy (non-hydrogen) atoms. The highest BCUT2D eigenvalue weighted by molar-refractivity contribution is 7.90. The first-order valence-corrected chi connectivity index (χ1v) is 10.9. The molecule has 0 saturated carbocycles. The summed E-state index contributed by atoms with van der Waals surface area (Å²) in [4.78, 5) is 25.2. The summed E-state index contributed by atoms with van der Waals surface area (Å²) in [6.45, 7) is 0.110. The van der Waals surface area contributed by atoms with Crippen LogP contribution < -0.4 is 15.4 Å². The van der Waals surface area contributed by atoms with Gasteiger partial charge in [-0.3, -0.25) is 9.59 Å². The molecule has 0 heterocycles. The SMILES string of the molecule is COc1ccccc1C(=O)N[C@@H](CCS(C)(=O)=O)C(=O)NCc1ccc(F)cc1. The third-order valence-corrected chi connectivity index (χ3v) is 5.11. The van der Waals surface area contributed by atoms with Crippen LogP contribution in [0, 0.1) is 5.82 Å². The minimum absolute atomic E-state index is 0.0883. The highest BCUT2D eigenvalue weighted by Gasteiger charge is 2.24. The van der Waals surface area contributed by atoms with Gasteiger partial charge in [-0.05, 0) is 36.2 Å². The highest BCUT2D eigenvalue weighted by atomic mass is 32.2. The first kappa shape index (κ1) is 22.4. The van der Waals surface area contributed by atoms with Crippen molar-refractivity contribution >= 4 is 21.7 Å². The van der Waals surface area contributed by atoms with Crippen LogP contribution in [0.4, 0.5) is 4.39 Å². The number of amides is 2. The Morgan fingerprint density at radius 2 is 1.76 bits per heavy atom. The molecule has 0 aliphatic heterocycles. The minimum atomic E-state index is -3.34. The molecule has 0 spiro atoms. The van der Waals surface area contributed by atoms with E-state index < -0.39 is 33.5 Å². The normalized spacial score (nSPS) is 12.1. The molecule has 2 aromatic carbocycles. The second-order valence-electron chi connectivity index (χ2n) is 6.49. The Kier molecular flexibility index (Phi) is 7.72. The number of carbonyl (C=O) groups is 2. The maximum atomic E-state index is 13.0. The van der Waals surface area contributed by atoms with Gasteiger partial charge < -0.3 is 15.4 Å². The van der Waals surface area contributed by atoms with Crippen LogP contribution in [-0.2, 0) is 21.2 Å². The molecule has 0 aliphatic rings. The highest BCUT2D eigenvalue weighted by Crippen LogP contribution is 2.17. The molecule has 0 fully saturated rings. The van der Waals surface area contributed by atoms with Crippen LogP contribution in [-0.4, -0.2) is 45.4 Å². The van der Waals surface area contributed by atoms with Crippen LogP contribution >= 0.6 is 0 Å². The quantitative estimate of drug-likeness (QED) is 0.640. The molecule has 0 bridgehead atoms. The van der Waals surface area contributed by atoms with E-state index in [0.29, 0.717) is 11.3 Å². The topological polar surface area (TPSA) is 102 Å². The van der Waals surface area contributed by atoms with E-state index in [1.165, 1.54) is 37.4 Å². The lowest BCUT2D eigenvalue weighted by Crippen LogP contribution is -2.47. The zero-order chi connectivity index (χ0) is 21.4. The maximum Gasteiger partial charge on any atom is 0.255 e. The summed E-state index contributed by atoms with van der Waals surface area (Å²) in [5.74, 6) is -1.43. The number of methoxy groups -OCH3 is 1. The van der Waals surface area contributed by atoms with E-state index in [2.05, 4.69) is 10.6 Å². The Morgan fingerprint density at radius 1 is 1.10 bits per heavy atom. The summed E-state index contributed by atoms with van der Waals surface area (Å²) < 4.78 is 41.2. The van der Waals surface area contributed by atoms with E-state index >= 15 is 0 Å². The van der Waals surface area contributed by atoms with E-state index in [1.807, 2.05) is 0 Å². The number of ether oxygens (including phenoxy) is 1. The molecule has 0 unspecified atom stereocenters. The molecule has 2 amide bonds. The van der Waals surface area contributed by atoms with E-state index in [-0.39, 0.29) is 24.3 Å². The summed E-state index contributed by atoms with van der Waals surface area (Å²) in [6, 6.07) is 11.0. The van der Waals surface area contributed by atoms with Gasteiger partial charge >= 0.3 is 0 Å². The predicted octanol–water partition coefficient (Wildman–Crippen LogP) is 1.68. The van der Waals surface area contributed by atoms with Crippen molar-refractivity contribution in [2.75, 3.05) is 19.1 Å². The van der Waals surface area contributed by atoms with Gasteiger partial charge in [0.15, 0.2) is 0 Å². The van der Waals surface area contributed by atoms with Crippen LogP contribution in [0.25, 0.3) is 0 Å². The smallest absolute Gasteiger partial charge is 0.255 e. The van der Waals surface area contributed by atoms with Crippen molar-refractivity contribution in [2.24, 2.45) is 0 Å². The molecule has 2 N–H and O–H groups in total. The number of benzene rings is 2. The number of rotatable bonds is 9. The maximum absolute atomic E-state index is 13.0.